The fraction of sp³-hybridized carbons (Fsp3) is 0.333. The van der Waals surface area contributed by atoms with Gasteiger partial charge in [0.2, 0.25) is 0 Å². The zero-order valence-electron chi connectivity index (χ0n) is 10.1. The van der Waals surface area contributed by atoms with Gasteiger partial charge in [-0.25, -0.2) is 0 Å². The predicted octanol–water partition coefficient (Wildman–Crippen LogP) is 3.98. The normalized spacial score (nSPS) is 15.1. The molecule has 0 amide bonds. The monoisotopic (exact) mass is 243 g/mol. The molecule has 1 aliphatic carbocycles. The number of aryl methyl sites for hydroxylation is 1. The zero-order valence-corrected chi connectivity index (χ0v) is 10.9. The number of benzene rings is 1. The van der Waals surface area contributed by atoms with Crippen LogP contribution in [0.1, 0.15) is 24.0 Å². The van der Waals surface area contributed by atoms with Gasteiger partial charge in [0, 0.05) is 17.5 Å². The quantitative estimate of drug-likeness (QED) is 0.856. The van der Waals surface area contributed by atoms with Gasteiger partial charge in [-0.1, -0.05) is 18.2 Å². The van der Waals surface area contributed by atoms with E-state index in [1.807, 2.05) is 11.3 Å². The number of rotatable bonds is 4. The maximum atomic E-state index is 3.56. The van der Waals surface area contributed by atoms with Crippen LogP contribution in [0.5, 0.6) is 0 Å². The van der Waals surface area contributed by atoms with Gasteiger partial charge >= 0.3 is 0 Å². The molecule has 1 aromatic carbocycles. The van der Waals surface area contributed by atoms with Gasteiger partial charge in [-0.2, -0.15) is 0 Å². The second-order valence-corrected chi connectivity index (χ2v) is 5.70. The summed E-state index contributed by atoms with van der Waals surface area (Å²) >= 11 is 1.83. The fourth-order valence-corrected chi connectivity index (χ4v) is 2.97. The Hall–Kier alpha value is -1.12. The molecule has 2 heteroatoms. The van der Waals surface area contributed by atoms with E-state index in [1.165, 1.54) is 34.4 Å². The highest BCUT2D eigenvalue weighted by molar-refractivity contribution is 7.13. The second kappa shape index (κ2) is 4.63. The van der Waals surface area contributed by atoms with Crippen LogP contribution in [0, 0.1) is 6.92 Å². The van der Waals surface area contributed by atoms with Gasteiger partial charge in [0.25, 0.3) is 0 Å². The largest absolute Gasteiger partial charge is 0.310 e. The van der Waals surface area contributed by atoms with Crippen LogP contribution in [0.2, 0.25) is 0 Å². The van der Waals surface area contributed by atoms with Crippen molar-refractivity contribution in [1.82, 2.24) is 5.32 Å². The molecule has 3 rings (SSSR count). The molecule has 0 radical (unpaired) electrons. The smallest absolute Gasteiger partial charge is 0.0371 e. The van der Waals surface area contributed by atoms with Crippen LogP contribution < -0.4 is 5.32 Å². The molecule has 1 N–H and O–H groups in total. The van der Waals surface area contributed by atoms with E-state index in [-0.39, 0.29) is 0 Å². The molecule has 2 aromatic rings. The van der Waals surface area contributed by atoms with Crippen molar-refractivity contribution >= 4 is 11.3 Å². The van der Waals surface area contributed by atoms with Gasteiger partial charge in [0.1, 0.15) is 0 Å². The van der Waals surface area contributed by atoms with Crippen molar-refractivity contribution < 1.29 is 0 Å². The number of hydrogen-bond donors (Lipinski definition) is 1. The van der Waals surface area contributed by atoms with Gasteiger partial charge in [-0.3, -0.25) is 0 Å². The molecule has 0 aliphatic heterocycles. The van der Waals surface area contributed by atoms with Crippen LogP contribution in [-0.4, -0.2) is 6.04 Å². The molecule has 0 unspecified atom stereocenters. The van der Waals surface area contributed by atoms with E-state index in [0.717, 1.165) is 12.6 Å². The Morgan fingerprint density at radius 2 is 2.18 bits per heavy atom. The first-order valence-electron chi connectivity index (χ1n) is 6.20. The zero-order chi connectivity index (χ0) is 11.7. The molecule has 1 fully saturated rings. The van der Waals surface area contributed by atoms with Crippen molar-refractivity contribution in [3.8, 4) is 10.4 Å². The SMILES string of the molecule is Cc1ccsc1-c1cccc(CNC2CC2)c1. The second-order valence-electron chi connectivity index (χ2n) is 4.79. The maximum Gasteiger partial charge on any atom is 0.0371 e. The molecule has 17 heavy (non-hydrogen) atoms. The van der Waals surface area contributed by atoms with E-state index in [9.17, 15) is 0 Å². The van der Waals surface area contributed by atoms with E-state index in [0.29, 0.717) is 0 Å². The molecule has 0 saturated heterocycles. The molecule has 1 nitrogen and oxygen atoms in total. The van der Waals surface area contributed by atoms with Gasteiger partial charge in [-0.05, 0) is 54.0 Å². The highest BCUT2D eigenvalue weighted by Crippen LogP contribution is 2.29. The molecular formula is C15H17NS. The minimum Gasteiger partial charge on any atom is -0.310 e. The van der Waals surface area contributed by atoms with Crippen LogP contribution in [-0.2, 0) is 6.54 Å². The lowest BCUT2D eigenvalue weighted by atomic mass is 10.1. The molecule has 1 aromatic heterocycles. The first-order chi connectivity index (χ1) is 8.33. The number of nitrogens with one attached hydrogen (secondary N) is 1. The molecule has 0 atom stereocenters. The van der Waals surface area contributed by atoms with Gasteiger partial charge < -0.3 is 5.32 Å². The van der Waals surface area contributed by atoms with Crippen molar-refractivity contribution in [3.63, 3.8) is 0 Å². The minimum absolute atomic E-state index is 0.780. The Bertz CT molecular complexity index is 511. The summed E-state index contributed by atoms with van der Waals surface area (Å²) in [5, 5.41) is 5.73. The summed E-state index contributed by atoms with van der Waals surface area (Å²) in [6.07, 6.45) is 2.70. The Kier molecular flexibility index (Phi) is 3.00. The summed E-state index contributed by atoms with van der Waals surface area (Å²) in [6.45, 7) is 3.18. The molecule has 0 bridgehead atoms. The maximum absolute atomic E-state index is 3.56. The fourth-order valence-electron chi connectivity index (χ4n) is 2.04. The average molecular weight is 243 g/mol. The highest BCUT2D eigenvalue weighted by Gasteiger charge is 2.19. The highest BCUT2D eigenvalue weighted by atomic mass is 32.1. The summed E-state index contributed by atoms with van der Waals surface area (Å²) in [5.41, 5.74) is 4.12. The third-order valence-corrected chi connectivity index (χ3v) is 4.29. The van der Waals surface area contributed by atoms with Crippen LogP contribution in [0.3, 0.4) is 0 Å². The number of hydrogen-bond acceptors (Lipinski definition) is 2. The summed E-state index contributed by atoms with van der Waals surface area (Å²) in [5.74, 6) is 0. The van der Waals surface area contributed by atoms with Gasteiger partial charge in [-0.15, -0.1) is 11.3 Å². The topological polar surface area (TPSA) is 12.0 Å². The van der Waals surface area contributed by atoms with Crippen molar-refractivity contribution in [2.24, 2.45) is 0 Å². The van der Waals surface area contributed by atoms with Crippen LogP contribution >= 0.6 is 11.3 Å². The third-order valence-electron chi connectivity index (χ3n) is 3.22. The van der Waals surface area contributed by atoms with Crippen molar-refractivity contribution in [2.45, 2.75) is 32.4 Å². The Morgan fingerprint density at radius 3 is 2.88 bits per heavy atom. The van der Waals surface area contributed by atoms with Crippen LogP contribution in [0.25, 0.3) is 10.4 Å². The van der Waals surface area contributed by atoms with E-state index < -0.39 is 0 Å². The lowest BCUT2D eigenvalue weighted by Crippen LogP contribution is -2.15. The van der Waals surface area contributed by atoms with E-state index in [1.54, 1.807) is 0 Å². The van der Waals surface area contributed by atoms with Crippen LogP contribution in [0.15, 0.2) is 35.7 Å². The van der Waals surface area contributed by atoms with Crippen molar-refractivity contribution in [3.05, 3.63) is 46.8 Å². The lowest BCUT2D eigenvalue weighted by molar-refractivity contribution is 0.688. The van der Waals surface area contributed by atoms with Gasteiger partial charge in [0.15, 0.2) is 0 Å². The lowest BCUT2D eigenvalue weighted by Gasteiger charge is -2.06. The Morgan fingerprint density at radius 1 is 1.29 bits per heavy atom. The molecule has 0 spiro atoms. The standard InChI is InChI=1S/C15H17NS/c1-11-7-8-17-15(11)13-4-2-3-12(9-13)10-16-14-5-6-14/h2-4,7-9,14,16H,5-6,10H2,1H3. The predicted molar refractivity (Wildman–Crippen MR) is 74.4 cm³/mol. The summed E-state index contributed by atoms with van der Waals surface area (Å²) in [7, 11) is 0. The van der Waals surface area contributed by atoms with E-state index in [2.05, 4.69) is 48.0 Å². The molecule has 1 aliphatic rings. The molecule has 88 valence electrons. The number of thiophene rings is 1. The molecule has 1 heterocycles. The summed E-state index contributed by atoms with van der Waals surface area (Å²) in [4.78, 5) is 1.40. The van der Waals surface area contributed by atoms with Crippen molar-refractivity contribution in [1.29, 1.82) is 0 Å². The van der Waals surface area contributed by atoms with E-state index >= 15 is 0 Å². The Labute approximate surface area is 106 Å². The van der Waals surface area contributed by atoms with Crippen molar-refractivity contribution in [2.75, 3.05) is 0 Å². The third kappa shape index (κ3) is 2.59. The summed E-state index contributed by atoms with van der Waals surface area (Å²) < 4.78 is 0. The van der Waals surface area contributed by atoms with Gasteiger partial charge in [0.05, 0.1) is 0 Å². The molecule has 1 saturated carbocycles. The van der Waals surface area contributed by atoms with E-state index in [4.69, 9.17) is 0 Å². The average Bonchev–Trinajstić information content (AvgIpc) is 3.08. The minimum atomic E-state index is 0.780. The Balaban J connectivity index is 1.80. The first kappa shape index (κ1) is 11.0. The molecular weight excluding hydrogens is 226 g/mol. The first-order valence-corrected chi connectivity index (χ1v) is 7.08. The van der Waals surface area contributed by atoms with Crippen LogP contribution in [0.4, 0.5) is 0 Å². The summed E-state index contributed by atoms with van der Waals surface area (Å²) in [6, 6.07) is 11.9.